The van der Waals surface area contributed by atoms with Gasteiger partial charge in [-0.3, -0.25) is 9.36 Å². The van der Waals surface area contributed by atoms with E-state index in [1.807, 2.05) is 24.3 Å². The number of pyridine rings is 1. The number of nitrogens with zero attached hydrogens (tertiary/aromatic N) is 4. The number of hydrogen-bond donors (Lipinski definition) is 1. The molecule has 1 aromatic heterocycles. The number of methoxy groups -OCH3 is 2. The van der Waals surface area contributed by atoms with E-state index in [4.69, 9.17) is 9.47 Å². The van der Waals surface area contributed by atoms with Crippen molar-refractivity contribution in [1.82, 2.24) is 24.3 Å². The predicted molar refractivity (Wildman–Crippen MR) is 113 cm³/mol. The van der Waals surface area contributed by atoms with Gasteiger partial charge in [0.1, 0.15) is 17.0 Å². The molecule has 0 saturated heterocycles. The summed E-state index contributed by atoms with van der Waals surface area (Å²) in [6, 6.07) is 14.5. The van der Waals surface area contributed by atoms with Crippen LogP contribution in [0.5, 0.6) is 5.75 Å². The number of hydrogen-bond acceptors (Lipinski definition) is 6. The number of aromatic nitrogens is 5. The van der Waals surface area contributed by atoms with Crippen molar-refractivity contribution in [2.24, 2.45) is 0 Å². The summed E-state index contributed by atoms with van der Waals surface area (Å²) in [4.78, 5) is 33.4. The van der Waals surface area contributed by atoms with E-state index in [1.54, 1.807) is 48.3 Å². The zero-order chi connectivity index (χ0) is 21.5. The molecule has 2 aliphatic rings. The summed E-state index contributed by atoms with van der Waals surface area (Å²) in [7, 11) is 2.85. The lowest BCUT2D eigenvalue weighted by Gasteiger charge is -2.09. The average molecular weight is 415 g/mol. The Hall–Kier alpha value is -4.40. The molecule has 0 spiro atoms. The quantitative estimate of drug-likeness (QED) is 0.453. The number of imidazole rings is 1. The molecule has 2 aromatic carbocycles. The maximum atomic E-state index is 13.2. The van der Waals surface area contributed by atoms with Crippen LogP contribution in [0.1, 0.15) is 10.4 Å². The van der Waals surface area contributed by atoms with E-state index in [1.165, 1.54) is 11.8 Å². The Labute approximate surface area is 175 Å². The summed E-state index contributed by atoms with van der Waals surface area (Å²) in [5.74, 6) is 0.519. The van der Waals surface area contributed by atoms with Crippen LogP contribution in [0.2, 0.25) is 0 Å². The highest BCUT2D eigenvalue weighted by Gasteiger charge is 2.25. The summed E-state index contributed by atoms with van der Waals surface area (Å²) < 4.78 is 12.9. The molecule has 154 valence electrons. The standard InChI is InChI=1S/C22H17N5O4/c1-30-14-9-7-13(8-10-14)27-20(28)15-11-26(12-16(19(15)25-27)21(29)31-2)22-23-17-5-3-4-6-18(17)24-22/h3-12H,1-2H3,(H,23,24). The Morgan fingerprint density at radius 2 is 1.81 bits per heavy atom. The molecule has 3 heterocycles. The van der Waals surface area contributed by atoms with Crippen LogP contribution >= 0.6 is 0 Å². The van der Waals surface area contributed by atoms with Gasteiger partial charge in [-0.1, -0.05) is 12.1 Å². The van der Waals surface area contributed by atoms with Crippen LogP contribution in [0.25, 0.3) is 33.9 Å². The third kappa shape index (κ3) is 3.03. The molecule has 9 nitrogen and oxygen atoms in total. The number of esters is 1. The average Bonchev–Trinajstić information content (AvgIpc) is 3.39. The Morgan fingerprint density at radius 1 is 1.03 bits per heavy atom. The van der Waals surface area contributed by atoms with Crippen molar-refractivity contribution < 1.29 is 14.3 Å². The predicted octanol–water partition coefficient (Wildman–Crippen LogP) is 2.80. The molecule has 0 radical (unpaired) electrons. The van der Waals surface area contributed by atoms with Crippen molar-refractivity contribution in [1.29, 1.82) is 0 Å². The highest BCUT2D eigenvalue weighted by molar-refractivity contribution is 5.96. The number of aromatic amines is 1. The smallest absolute Gasteiger partial charge is 0.341 e. The van der Waals surface area contributed by atoms with Crippen LogP contribution in [0.15, 0.2) is 65.7 Å². The van der Waals surface area contributed by atoms with Crippen molar-refractivity contribution in [2.75, 3.05) is 14.2 Å². The fraction of sp³-hybridized carbons (Fsp3) is 0.0909. The van der Waals surface area contributed by atoms with E-state index in [0.29, 0.717) is 17.4 Å². The molecule has 3 aromatic rings. The number of H-pyrrole nitrogens is 1. The molecule has 0 amide bonds. The van der Waals surface area contributed by atoms with Crippen LogP contribution < -0.4 is 10.3 Å². The molecule has 2 aliphatic heterocycles. The monoisotopic (exact) mass is 415 g/mol. The number of para-hydroxylation sites is 2. The molecule has 0 saturated carbocycles. The van der Waals surface area contributed by atoms with Gasteiger partial charge in [-0.2, -0.15) is 9.78 Å². The van der Waals surface area contributed by atoms with Crippen molar-refractivity contribution in [2.45, 2.75) is 0 Å². The highest BCUT2D eigenvalue weighted by Crippen LogP contribution is 2.25. The van der Waals surface area contributed by atoms with E-state index in [0.717, 1.165) is 11.0 Å². The normalized spacial score (nSPS) is 11.2. The lowest BCUT2D eigenvalue weighted by atomic mass is 10.1. The van der Waals surface area contributed by atoms with Crippen molar-refractivity contribution in [3.05, 3.63) is 76.8 Å². The Bertz CT molecular complexity index is 1410. The largest absolute Gasteiger partial charge is 0.497 e. The Kier molecular flexibility index (Phi) is 4.28. The summed E-state index contributed by atoms with van der Waals surface area (Å²) in [6.45, 7) is 0. The molecule has 5 rings (SSSR count). The van der Waals surface area contributed by atoms with Crippen molar-refractivity contribution in [3.63, 3.8) is 0 Å². The maximum Gasteiger partial charge on any atom is 0.341 e. The second-order valence-corrected chi connectivity index (χ2v) is 6.83. The lowest BCUT2D eigenvalue weighted by Crippen LogP contribution is -2.15. The molecule has 1 N–H and O–H groups in total. The van der Waals surface area contributed by atoms with Crippen LogP contribution in [-0.2, 0) is 4.74 Å². The maximum absolute atomic E-state index is 13.2. The van der Waals surface area contributed by atoms with Gasteiger partial charge in [-0.05, 0) is 36.4 Å². The van der Waals surface area contributed by atoms with Crippen LogP contribution in [0.4, 0.5) is 0 Å². The van der Waals surface area contributed by atoms with Gasteiger partial charge in [-0.25, -0.2) is 9.78 Å². The minimum atomic E-state index is -0.602. The van der Waals surface area contributed by atoms with Crippen LogP contribution in [0.3, 0.4) is 0 Å². The van der Waals surface area contributed by atoms with Gasteiger partial charge in [0, 0.05) is 12.4 Å². The molecule has 0 atom stereocenters. The molecule has 0 unspecified atom stereocenters. The van der Waals surface area contributed by atoms with Gasteiger partial charge in [0.15, 0.2) is 0 Å². The van der Waals surface area contributed by atoms with E-state index >= 15 is 0 Å². The number of rotatable bonds is 4. The summed E-state index contributed by atoms with van der Waals surface area (Å²) >= 11 is 0. The SMILES string of the molecule is COC(=O)c1cn(-c2nc3ccccc3[nH]2)cc2c(=O)n(-c3ccc(OC)cc3)nc1-2. The number of carbonyl (C=O) groups excluding carboxylic acids is 1. The Balaban J connectivity index is 1.73. The van der Waals surface area contributed by atoms with Gasteiger partial charge in [0.25, 0.3) is 5.56 Å². The highest BCUT2D eigenvalue weighted by atomic mass is 16.5. The number of carbonyl (C=O) groups is 1. The van der Waals surface area contributed by atoms with Crippen molar-refractivity contribution in [3.8, 4) is 28.6 Å². The second kappa shape index (κ2) is 7.13. The van der Waals surface area contributed by atoms with Crippen molar-refractivity contribution >= 4 is 17.0 Å². The first-order valence-electron chi connectivity index (χ1n) is 9.42. The van der Waals surface area contributed by atoms with Crippen LogP contribution in [0, 0.1) is 0 Å². The first kappa shape index (κ1) is 18.6. The number of fused-ring (bicyclic) bond motifs is 2. The second-order valence-electron chi connectivity index (χ2n) is 6.83. The van der Waals surface area contributed by atoms with Gasteiger partial charge < -0.3 is 14.5 Å². The molecule has 0 fully saturated rings. The van der Waals surface area contributed by atoms with Gasteiger partial charge in [0.05, 0.1) is 36.5 Å². The minimum absolute atomic E-state index is 0.157. The first-order valence-corrected chi connectivity index (χ1v) is 9.42. The Morgan fingerprint density at radius 3 is 2.52 bits per heavy atom. The third-order valence-electron chi connectivity index (χ3n) is 5.01. The molecule has 31 heavy (non-hydrogen) atoms. The van der Waals surface area contributed by atoms with E-state index in [-0.39, 0.29) is 22.4 Å². The summed E-state index contributed by atoms with van der Waals surface area (Å²) in [5.41, 5.74) is 2.45. The van der Waals surface area contributed by atoms with E-state index < -0.39 is 5.97 Å². The topological polar surface area (TPSA) is 104 Å². The summed E-state index contributed by atoms with van der Waals surface area (Å²) in [6.07, 6.45) is 3.16. The zero-order valence-electron chi connectivity index (χ0n) is 16.7. The molecule has 9 heteroatoms. The fourth-order valence-corrected chi connectivity index (χ4v) is 3.45. The number of nitrogens with one attached hydrogen (secondary N) is 1. The number of benzene rings is 2. The molecule has 0 aliphatic carbocycles. The molecular weight excluding hydrogens is 398 g/mol. The van der Waals surface area contributed by atoms with Crippen LogP contribution in [-0.4, -0.2) is 44.5 Å². The first-order chi connectivity index (χ1) is 15.1. The third-order valence-corrected chi connectivity index (χ3v) is 5.01. The van der Waals surface area contributed by atoms with E-state index in [9.17, 15) is 9.59 Å². The fourth-order valence-electron chi connectivity index (χ4n) is 3.45. The summed E-state index contributed by atoms with van der Waals surface area (Å²) in [5, 5.41) is 4.40. The minimum Gasteiger partial charge on any atom is -0.497 e. The van der Waals surface area contributed by atoms with E-state index in [2.05, 4.69) is 15.1 Å². The zero-order valence-corrected chi connectivity index (χ0v) is 16.7. The van der Waals surface area contributed by atoms with Gasteiger partial charge in [-0.15, -0.1) is 0 Å². The van der Waals surface area contributed by atoms with Gasteiger partial charge >= 0.3 is 5.97 Å². The molecule has 0 bridgehead atoms. The van der Waals surface area contributed by atoms with Gasteiger partial charge in [0.2, 0.25) is 5.95 Å². The lowest BCUT2D eigenvalue weighted by molar-refractivity contribution is 0.0600. The molecular formula is C22H17N5O4. The number of ether oxygens (including phenoxy) is 2.